The fourth-order valence-corrected chi connectivity index (χ4v) is 2.13. The molecule has 1 rings (SSSR count). The van der Waals surface area contributed by atoms with E-state index in [1.807, 2.05) is 19.9 Å². The van der Waals surface area contributed by atoms with Gasteiger partial charge in [-0.3, -0.25) is 4.79 Å². The van der Waals surface area contributed by atoms with Crippen LogP contribution < -0.4 is 5.73 Å². The SMILES string of the molecule is COCC(N)C(=O)N(Cc1ccc(Cl)c(Cl)c1)C(C)C.Cl. The molecule has 4 nitrogen and oxygen atoms in total. The lowest BCUT2D eigenvalue weighted by Crippen LogP contribution is -2.48. The summed E-state index contributed by atoms with van der Waals surface area (Å²) in [6.07, 6.45) is 0. The fourth-order valence-electron chi connectivity index (χ4n) is 1.81. The molecule has 1 atom stereocenters. The smallest absolute Gasteiger partial charge is 0.242 e. The molecule has 0 fully saturated rings. The first-order valence-corrected chi connectivity index (χ1v) is 7.11. The number of hydrogen-bond donors (Lipinski definition) is 1. The molecule has 0 saturated carbocycles. The van der Waals surface area contributed by atoms with Crippen molar-refractivity contribution in [2.45, 2.75) is 32.5 Å². The summed E-state index contributed by atoms with van der Waals surface area (Å²) in [6, 6.07) is 4.69. The zero-order chi connectivity index (χ0) is 15.3. The highest BCUT2D eigenvalue weighted by Crippen LogP contribution is 2.23. The molecule has 0 radical (unpaired) electrons. The van der Waals surface area contributed by atoms with Crippen molar-refractivity contribution >= 4 is 41.5 Å². The van der Waals surface area contributed by atoms with Crippen LogP contribution in [-0.2, 0) is 16.1 Å². The van der Waals surface area contributed by atoms with Crippen molar-refractivity contribution in [3.05, 3.63) is 33.8 Å². The van der Waals surface area contributed by atoms with Crippen molar-refractivity contribution in [3.63, 3.8) is 0 Å². The average Bonchev–Trinajstić information content (AvgIpc) is 2.39. The van der Waals surface area contributed by atoms with E-state index in [4.69, 9.17) is 33.7 Å². The Bertz CT molecular complexity index is 470. The van der Waals surface area contributed by atoms with Crippen LogP contribution in [0.3, 0.4) is 0 Å². The normalized spacial score (nSPS) is 12.0. The molecular weight excluding hydrogens is 335 g/mol. The van der Waals surface area contributed by atoms with Gasteiger partial charge in [0.2, 0.25) is 5.91 Å². The monoisotopic (exact) mass is 354 g/mol. The lowest BCUT2D eigenvalue weighted by molar-refractivity contribution is -0.136. The highest BCUT2D eigenvalue weighted by molar-refractivity contribution is 6.42. The number of nitrogens with two attached hydrogens (primary N) is 1. The maximum absolute atomic E-state index is 12.3. The zero-order valence-electron chi connectivity index (χ0n) is 12.3. The molecule has 0 heterocycles. The average molecular weight is 356 g/mol. The number of amides is 1. The Morgan fingerprint density at radius 2 is 1.95 bits per heavy atom. The molecule has 2 N–H and O–H groups in total. The van der Waals surface area contributed by atoms with Crippen LogP contribution in [0.2, 0.25) is 10.0 Å². The highest BCUT2D eigenvalue weighted by Gasteiger charge is 2.23. The van der Waals surface area contributed by atoms with Crippen LogP contribution >= 0.6 is 35.6 Å². The third kappa shape index (κ3) is 6.01. The van der Waals surface area contributed by atoms with Crippen LogP contribution in [-0.4, -0.2) is 36.6 Å². The van der Waals surface area contributed by atoms with Gasteiger partial charge in [-0.2, -0.15) is 0 Å². The lowest BCUT2D eigenvalue weighted by Gasteiger charge is -2.29. The van der Waals surface area contributed by atoms with E-state index >= 15 is 0 Å². The first-order valence-electron chi connectivity index (χ1n) is 6.35. The summed E-state index contributed by atoms with van der Waals surface area (Å²) in [6.45, 7) is 4.51. The summed E-state index contributed by atoms with van der Waals surface area (Å²) < 4.78 is 4.93. The van der Waals surface area contributed by atoms with Gasteiger partial charge < -0.3 is 15.4 Å². The van der Waals surface area contributed by atoms with E-state index in [-0.39, 0.29) is 31.0 Å². The maximum atomic E-state index is 12.3. The number of benzene rings is 1. The Morgan fingerprint density at radius 1 is 1.33 bits per heavy atom. The maximum Gasteiger partial charge on any atom is 0.242 e. The zero-order valence-corrected chi connectivity index (χ0v) is 14.6. The Balaban J connectivity index is 0.00000400. The van der Waals surface area contributed by atoms with Gasteiger partial charge in [0, 0.05) is 19.7 Å². The Morgan fingerprint density at radius 3 is 2.43 bits per heavy atom. The molecule has 120 valence electrons. The summed E-state index contributed by atoms with van der Waals surface area (Å²) in [7, 11) is 1.52. The minimum absolute atomic E-state index is 0. The van der Waals surface area contributed by atoms with E-state index in [9.17, 15) is 4.79 Å². The second-order valence-electron chi connectivity index (χ2n) is 4.87. The molecule has 0 aromatic heterocycles. The van der Waals surface area contributed by atoms with Crippen LogP contribution in [0.25, 0.3) is 0 Å². The quantitative estimate of drug-likeness (QED) is 0.853. The van der Waals surface area contributed by atoms with Crippen molar-refractivity contribution in [1.29, 1.82) is 0 Å². The first kappa shape index (κ1) is 20.5. The molecule has 0 bridgehead atoms. The van der Waals surface area contributed by atoms with Gasteiger partial charge in [-0.1, -0.05) is 29.3 Å². The number of methoxy groups -OCH3 is 1. The molecule has 0 aliphatic carbocycles. The van der Waals surface area contributed by atoms with Crippen molar-refractivity contribution < 1.29 is 9.53 Å². The van der Waals surface area contributed by atoms with Crippen molar-refractivity contribution in [2.75, 3.05) is 13.7 Å². The summed E-state index contributed by atoms with van der Waals surface area (Å²) in [5.74, 6) is -0.145. The van der Waals surface area contributed by atoms with Gasteiger partial charge in [0.15, 0.2) is 0 Å². The molecule has 1 aromatic carbocycles. The Labute approximate surface area is 141 Å². The molecule has 21 heavy (non-hydrogen) atoms. The van der Waals surface area contributed by atoms with E-state index < -0.39 is 6.04 Å². The second kappa shape index (κ2) is 9.49. The Hall–Kier alpha value is -0.520. The standard InChI is InChI=1S/C14H20Cl2N2O2.ClH/c1-9(2)18(14(19)13(17)8-20-3)7-10-4-5-11(15)12(16)6-10;/h4-6,9,13H,7-8,17H2,1-3H3;1H. The predicted molar refractivity (Wildman–Crippen MR) is 89.2 cm³/mol. The number of halogens is 3. The van der Waals surface area contributed by atoms with E-state index in [1.165, 1.54) is 7.11 Å². The number of rotatable bonds is 6. The van der Waals surface area contributed by atoms with Crippen LogP contribution in [0.15, 0.2) is 18.2 Å². The van der Waals surface area contributed by atoms with Crippen LogP contribution in [0, 0.1) is 0 Å². The molecule has 0 saturated heterocycles. The molecular formula is C14H21Cl3N2O2. The molecule has 1 aromatic rings. The van der Waals surface area contributed by atoms with Crippen molar-refractivity contribution in [3.8, 4) is 0 Å². The van der Waals surface area contributed by atoms with Crippen molar-refractivity contribution in [2.24, 2.45) is 5.73 Å². The van der Waals surface area contributed by atoms with Gasteiger partial charge in [-0.05, 0) is 31.5 Å². The molecule has 1 unspecified atom stereocenters. The largest absolute Gasteiger partial charge is 0.383 e. The molecule has 0 spiro atoms. The first-order chi connectivity index (χ1) is 9.36. The summed E-state index contributed by atoms with van der Waals surface area (Å²) >= 11 is 11.9. The molecule has 0 aliphatic rings. The van der Waals surface area contributed by atoms with Gasteiger partial charge >= 0.3 is 0 Å². The van der Waals surface area contributed by atoms with Gasteiger partial charge in [0.1, 0.15) is 6.04 Å². The van der Waals surface area contributed by atoms with Crippen LogP contribution in [0.1, 0.15) is 19.4 Å². The third-order valence-corrected chi connectivity index (χ3v) is 3.65. The molecule has 7 heteroatoms. The van der Waals surface area contributed by atoms with Crippen LogP contribution in [0.4, 0.5) is 0 Å². The molecule has 1 amide bonds. The van der Waals surface area contributed by atoms with Gasteiger partial charge in [-0.15, -0.1) is 12.4 Å². The highest BCUT2D eigenvalue weighted by atomic mass is 35.5. The Kier molecular flexibility index (Phi) is 9.25. The van der Waals surface area contributed by atoms with E-state index in [0.717, 1.165) is 5.56 Å². The molecule has 0 aliphatic heterocycles. The number of carbonyl (C=O) groups excluding carboxylic acids is 1. The van der Waals surface area contributed by atoms with Gasteiger partial charge in [0.05, 0.1) is 16.7 Å². The van der Waals surface area contributed by atoms with Gasteiger partial charge in [0.25, 0.3) is 0 Å². The number of nitrogens with zero attached hydrogens (tertiary/aromatic N) is 1. The van der Waals surface area contributed by atoms with Gasteiger partial charge in [-0.25, -0.2) is 0 Å². The van der Waals surface area contributed by atoms with Crippen LogP contribution in [0.5, 0.6) is 0 Å². The summed E-state index contributed by atoms with van der Waals surface area (Å²) in [5, 5.41) is 0.968. The fraction of sp³-hybridized carbons (Fsp3) is 0.500. The topological polar surface area (TPSA) is 55.6 Å². The number of ether oxygens (including phenoxy) is 1. The third-order valence-electron chi connectivity index (χ3n) is 2.91. The number of hydrogen-bond acceptors (Lipinski definition) is 3. The van der Waals surface area contributed by atoms with E-state index in [2.05, 4.69) is 0 Å². The van der Waals surface area contributed by atoms with E-state index in [0.29, 0.717) is 16.6 Å². The summed E-state index contributed by atoms with van der Waals surface area (Å²) in [5.41, 5.74) is 6.72. The lowest BCUT2D eigenvalue weighted by atomic mass is 10.1. The minimum Gasteiger partial charge on any atom is -0.383 e. The second-order valence-corrected chi connectivity index (χ2v) is 5.68. The van der Waals surface area contributed by atoms with Crippen molar-refractivity contribution in [1.82, 2.24) is 4.90 Å². The minimum atomic E-state index is -0.662. The summed E-state index contributed by atoms with van der Waals surface area (Å²) in [4.78, 5) is 14.0. The number of carbonyl (C=O) groups is 1. The predicted octanol–water partition coefficient (Wildman–Crippen LogP) is 3.13. The van der Waals surface area contributed by atoms with E-state index in [1.54, 1.807) is 17.0 Å².